The molecule has 1 aliphatic carbocycles. The summed E-state index contributed by atoms with van der Waals surface area (Å²) in [5.74, 6) is -0.203. The first-order valence-electron chi connectivity index (χ1n) is 7.86. The molecule has 4 heteroatoms. The lowest BCUT2D eigenvalue weighted by Gasteiger charge is -2.45. The van der Waals surface area contributed by atoms with Crippen LogP contribution in [0, 0.1) is 0 Å². The second-order valence-corrected chi connectivity index (χ2v) is 6.69. The molecule has 0 radical (unpaired) electrons. The highest BCUT2D eigenvalue weighted by molar-refractivity contribution is 4.93. The second-order valence-electron chi connectivity index (χ2n) is 6.69. The van der Waals surface area contributed by atoms with Gasteiger partial charge in [0.1, 0.15) is 0 Å². The standard InChI is InChI=1S/C15H28N2O2/c1-14(16-2)7-9-17(10-8-14)13-3-5-15(6-4-13)18-11-12-19-15/h13,16H,3-12H2,1-2H3. The highest BCUT2D eigenvalue weighted by Crippen LogP contribution is 2.38. The summed E-state index contributed by atoms with van der Waals surface area (Å²) >= 11 is 0. The molecule has 2 heterocycles. The molecule has 110 valence electrons. The van der Waals surface area contributed by atoms with Gasteiger partial charge in [-0.3, -0.25) is 0 Å². The van der Waals surface area contributed by atoms with Crippen LogP contribution in [0.3, 0.4) is 0 Å². The van der Waals surface area contributed by atoms with Crippen molar-refractivity contribution >= 4 is 0 Å². The molecule has 2 aliphatic heterocycles. The van der Waals surface area contributed by atoms with Crippen molar-refractivity contribution in [3.63, 3.8) is 0 Å². The fourth-order valence-corrected chi connectivity index (χ4v) is 3.83. The zero-order valence-electron chi connectivity index (χ0n) is 12.4. The van der Waals surface area contributed by atoms with E-state index in [0.717, 1.165) is 32.1 Å². The van der Waals surface area contributed by atoms with Gasteiger partial charge in [-0.1, -0.05) is 0 Å². The van der Waals surface area contributed by atoms with E-state index in [9.17, 15) is 0 Å². The van der Waals surface area contributed by atoms with Crippen LogP contribution in [0.25, 0.3) is 0 Å². The highest BCUT2D eigenvalue weighted by Gasteiger charge is 2.42. The fraction of sp³-hybridized carbons (Fsp3) is 1.00. The first kappa shape index (κ1) is 13.8. The maximum atomic E-state index is 5.82. The Morgan fingerprint density at radius 2 is 1.58 bits per heavy atom. The SMILES string of the molecule is CNC1(C)CCN(C2CCC3(CC2)OCCO3)CC1. The molecule has 0 unspecified atom stereocenters. The van der Waals surface area contributed by atoms with Crippen LogP contribution in [0.4, 0.5) is 0 Å². The van der Waals surface area contributed by atoms with Crippen LogP contribution in [0.15, 0.2) is 0 Å². The van der Waals surface area contributed by atoms with Crippen molar-refractivity contribution in [3.8, 4) is 0 Å². The van der Waals surface area contributed by atoms with Crippen molar-refractivity contribution in [1.29, 1.82) is 0 Å². The minimum Gasteiger partial charge on any atom is -0.348 e. The van der Waals surface area contributed by atoms with Crippen LogP contribution in [0.1, 0.15) is 45.4 Å². The molecule has 2 saturated heterocycles. The highest BCUT2D eigenvalue weighted by atomic mass is 16.7. The number of ether oxygens (including phenoxy) is 2. The Morgan fingerprint density at radius 3 is 2.11 bits per heavy atom. The zero-order valence-corrected chi connectivity index (χ0v) is 12.4. The molecule has 0 aromatic rings. The van der Waals surface area contributed by atoms with Gasteiger partial charge in [0.15, 0.2) is 5.79 Å². The van der Waals surface area contributed by atoms with Gasteiger partial charge in [-0.05, 0) is 39.7 Å². The molecule has 3 fully saturated rings. The predicted molar refractivity (Wildman–Crippen MR) is 75.2 cm³/mol. The molecule has 4 nitrogen and oxygen atoms in total. The van der Waals surface area contributed by atoms with Crippen LogP contribution in [-0.2, 0) is 9.47 Å². The van der Waals surface area contributed by atoms with Gasteiger partial charge in [0.05, 0.1) is 13.2 Å². The normalized spacial score (nSPS) is 31.9. The Bertz CT molecular complexity index is 297. The molecule has 0 aromatic heterocycles. The number of nitrogens with zero attached hydrogens (tertiary/aromatic N) is 1. The quantitative estimate of drug-likeness (QED) is 0.827. The molecule has 19 heavy (non-hydrogen) atoms. The summed E-state index contributed by atoms with van der Waals surface area (Å²) < 4.78 is 11.6. The van der Waals surface area contributed by atoms with Crippen LogP contribution in [-0.4, -0.2) is 55.6 Å². The molecule has 1 saturated carbocycles. The summed E-state index contributed by atoms with van der Waals surface area (Å²) in [5.41, 5.74) is 0.351. The van der Waals surface area contributed by atoms with Crippen molar-refractivity contribution in [2.45, 2.75) is 62.8 Å². The van der Waals surface area contributed by atoms with Crippen molar-refractivity contribution in [2.75, 3.05) is 33.4 Å². The number of hydrogen-bond acceptors (Lipinski definition) is 4. The van der Waals surface area contributed by atoms with Crippen LogP contribution >= 0.6 is 0 Å². The topological polar surface area (TPSA) is 33.7 Å². The molecule has 3 aliphatic rings. The van der Waals surface area contributed by atoms with Crippen molar-refractivity contribution < 1.29 is 9.47 Å². The Balaban J connectivity index is 1.50. The summed E-state index contributed by atoms with van der Waals surface area (Å²) in [4.78, 5) is 2.70. The molecular formula is C15H28N2O2. The maximum absolute atomic E-state index is 5.82. The van der Waals surface area contributed by atoms with E-state index in [1.165, 1.54) is 38.8 Å². The lowest BCUT2D eigenvalue weighted by molar-refractivity contribution is -0.184. The minimum atomic E-state index is -0.203. The number of likely N-dealkylation sites (tertiary alicyclic amines) is 1. The third-order valence-electron chi connectivity index (χ3n) is 5.55. The molecular weight excluding hydrogens is 240 g/mol. The van der Waals surface area contributed by atoms with Crippen LogP contribution in [0.5, 0.6) is 0 Å². The fourth-order valence-electron chi connectivity index (χ4n) is 3.83. The molecule has 0 atom stereocenters. The molecule has 0 amide bonds. The average Bonchev–Trinajstić information content (AvgIpc) is 2.89. The summed E-state index contributed by atoms with van der Waals surface area (Å²) in [6.07, 6.45) is 7.15. The molecule has 0 aromatic carbocycles. The third kappa shape index (κ3) is 2.82. The maximum Gasteiger partial charge on any atom is 0.168 e. The summed E-state index contributed by atoms with van der Waals surface area (Å²) in [5, 5.41) is 3.48. The van der Waals surface area contributed by atoms with Crippen molar-refractivity contribution in [3.05, 3.63) is 0 Å². The largest absolute Gasteiger partial charge is 0.348 e. The molecule has 0 bridgehead atoms. The number of piperidine rings is 1. The number of rotatable bonds is 2. The van der Waals surface area contributed by atoms with E-state index in [0.29, 0.717) is 5.54 Å². The van der Waals surface area contributed by atoms with Gasteiger partial charge in [0.2, 0.25) is 0 Å². The van der Waals surface area contributed by atoms with Crippen molar-refractivity contribution in [1.82, 2.24) is 10.2 Å². The van der Waals surface area contributed by atoms with E-state index in [1.807, 2.05) is 0 Å². The Kier molecular flexibility index (Phi) is 3.87. The van der Waals surface area contributed by atoms with Gasteiger partial charge in [0, 0.05) is 37.5 Å². The number of hydrogen-bond donors (Lipinski definition) is 1. The smallest absolute Gasteiger partial charge is 0.168 e. The predicted octanol–water partition coefficient (Wildman–Crippen LogP) is 1.75. The van der Waals surface area contributed by atoms with Gasteiger partial charge in [-0.15, -0.1) is 0 Å². The van der Waals surface area contributed by atoms with Crippen molar-refractivity contribution in [2.24, 2.45) is 0 Å². The zero-order chi connectivity index (χ0) is 13.3. The van der Waals surface area contributed by atoms with Gasteiger partial charge >= 0.3 is 0 Å². The molecule has 3 rings (SSSR count). The molecule has 1 N–H and O–H groups in total. The van der Waals surface area contributed by atoms with Gasteiger partial charge < -0.3 is 19.7 Å². The Labute approximate surface area is 116 Å². The first-order valence-corrected chi connectivity index (χ1v) is 7.86. The second kappa shape index (κ2) is 5.32. The first-order chi connectivity index (χ1) is 9.15. The lowest BCUT2D eigenvalue weighted by Crippen LogP contribution is -2.53. The Hall–Kier alpha value is -0.160. The average molecular weight is 268 g/mol. The summed E-state index contributed by atoms with van der Waals surface area (Å²) in [6, 6.07) is 0.750. The van der Waals surface area contributed by atoms with E-state index in [2.05, 4.69) is 24.2 Å². The van der Waals surface area contributed by atoms with E-state index >= 15 is 0 Å². The van der Waals surface area contributed by atoms with E-state index in [-0.39, 0.29) is 5.79 Å². The Morgan fingerprint density at radius 1 is 1.00 bits per heavy atom. The van der Waals surface area contributed by atoms with Gasteiger partial charge in [0.25, 0.3) is 0 Å². The van der Waals surface area contributed by atoms with E-state index in [4.69, 9.17) is 9.47 Å². The third-order valence-corrected chi connectivity index (χ3v) is 5.55. The summed E-state index contributed by atoms with van der Waals surface area (Å²) in [7, 11) is 2.09. The minimum absolute atomic E-state index is 0.203. The van der Waals surface area contributed by atoms with Crippen LogP contribution in [0.2, 0.25) is 0 Å². The lowest BCUT2D eigenvalue weighted by atomic mass is 9.85. The monoisotopic (exact) mass is 268 g/mol. The van der Waals surface area contributed by atoms with E-state index < -0.39 is 0 Å². The molecule has 1 spiro atoms. The van der Waals surface area contributed by atoms with Gasteiger partial charge in [-0.2, -0.15) is 0 Å². The van der Waals surface area contributed by atoms with E-state index in [1.54, 1.807) is 0 Å². The van der Waals surface area contributed by atoms with Crippen LogP contribution < -0.4 is 5.32 Å². The summed E-state index contributed by atoms with van der Waals surface area (Å²) in [6.45, 7) is 6.39. The number of nitrogens with one attached hydrogen (secondary N) is 1. The van der Waals surface area contributed by atoms with Gasteiger partial charge in [-0.25, -0.2) is 0 Å².